The molecule has 1 amide bonds. The lowest BCUT2D eigenvalue weighted by atomic mass is 9.95. The number of carbonyl (C=O) groups excluding carboxylic acids is 1. The molecular formula is C29H31NO3. The maximum Gasteiger partial charge on any atom is 0.244 e. The second kappa shape index (κ2) is 9.95. The number of furan rings is 1. The van der Waals surface area contributed by atoms with Crippen LogP contribution in [0.2, 0.25) is 0 Å². The lowest BCUT2D eigenvalue weighted by Gasteiger charge is -2.15. The van der Waals surface area contributed by atoms with Gasteiger partial charge < -0.3 is 14.5 Å². The van der Waals surface area contributed by atoms with Gasteiger partial charge in [0.15, 0.2) is 0 Å². The number of nitrogens with one attached hydrogen (secondary N) is 1. The maximum atomic E-state index is 12.4. The number of fused-ring (bicyclic) bond motifs is 2. The highest BCUT2D eigenvalue weighted by Gasteiger charge is 2.19. The Hall–Kier alpha value is -3.53. The SMILES string of the molecule is CCCCNC(=O)/C=C(\C)c1cc2c(-c3ccc4ccccc4c3)coc2c(C)c1OCC. The quantitative estimate of drug-likeness (QED) is 0.231. The molecule has 0 aliphatic heterocycles. The summed E-state index contributed by atoms with van der Waals surface area (Å²) in [7, 11) is 0. The molecular weight excluding hydrogens is 410 g/mol. The number of ether oxygens (including phenoxy) is 1. The van der Waals surface area contributed by atoms with Crippen LogP contribution < -0.4 is 10.1 Å². The molecule has 0 aliphatic rings. The molecule has 0 spiro atoms. The Morgan fingerprint density at radius 3 is 2.64 bits per heavy atom. The van der Waals surface area contributed by atoms with Crippen molar-refractivity contribution in [3.8, 4) is 16.9 Å². The van der Waals surface area contributed by atoms with Crippen molar-refractivity contribution in [2.75, 3.05) is 13.2 Å². The molecule has 4 aromatic rings. The van der Waals surface area contributed by atoms with E-state index in [1.165, 1.54) is 10.8 Å². The summed E-state index contributed by atoms with van der Waals surface area (Å²) in [6.45, 7) is 9.26. The first-order valence-electron chi connectivity index (χ1n) is 11.7. The third kappa shape index (κ3) is 4.65. The molecule has 0 fully saturated rings. The van der Waals surface area contributed by atoms with Crippen molar-refractivity contribution in [2.45, 2.75) is 40.5 Å². The van der Waals surface area contributed by atoms with Crippen LogP contribution in [-0.2, 0) is 4.79 Å². The Balaban J connectivity index is 1.82. The first-order chi connectivity index (χ1) is 16.0. The number of allylic oxidation sites excluding steroid dienone is 1. The lowest BCUT2D eigenvalue weighted by molar-refractivity contribution is -0.116. The zero-order valence-electron chi connectivity index (χ0n) is 19.8. The number of rotatable bonds is 8. The number of unbranched alkanes of at least 4 members (excludes halogenated alkanes) is 1. The van der Waals surface area contributed by atoms with Crippen molar-refractivity contribution in [3.63, 3.8) is 0 Å². The summed E-state index contributed by atoms with van der Waals surface area (Å²) >= 11 is 0. The molecule has 170 valence electrons. The fourth-order valence-electron chi connectivity index (χ4n) is 4.23. The van der Waals surface area contributed by atoms with Crippen molar-refractivity contribution in [3.05, 3.63) is 72.0 Å². The maximum absolute atomic E-state index is 12.4. The predicted octanol–water partition coefficient (Wildman–Crippen LogP) is 7.28. The number of benzene rings is 3. The van der Waals surface area contributed by atoms with E-state index in [4.69, 9.17) is 9.15 Å². The van der Waals surface area contributed by atoms with Crippen molar-refractivity contribution in [1.29, 1.82) is 0 Å². The predicted molar refractivity (Wildman–Crippen MR) is 137 cm³/mol. The van der Waals surface area contributed by atoms with Gasteiger partial charge in [-0.25, -0.2) is 0 Å². The summed E-state index contributed by atoms with van der Waals surface area (Å²) < 4.78 is 12.1. The second-order valence-corrected chi connectivity index (χ2v) is 8.37. The number of hydrogen-bond acceptors (Lipinski definition) is 3. The van der Waals surface area contributed by atoms with E-state index < -0.39 is 0 Å². The van der Waals surface area contributed by atoms with Gasteiger partial charge in [0.25, 0.3) is 0 Å². The van der Waals surface area contributed by atoms with E-state index in [1.807, 2.05) is 33.1 Å². The summed E-state index contributed by atoms with van der Waals surface area (Å²) in [4.78, 5) is 12.4. The third-order valence-corrected chi connectivity index (χ3v) is 6.00. The normalized spacial score (nSPS) is 11.8. The monoisotopic (exact) mass is 441 g/mol. The van der Waals surface area contributed by atoms with Gasteiger partial charge in [-0.1, -0.05) is 49.7 Å². The molecule has 4 nitrogen and oxygen atoms in total. The first-order valence-corrected chi connectivity index (χ1v) is 11.7. The van der Waals surface area contributed by atoms with Crippen LogP contribution >= 0.6 is 0 Å². The number of aryl methyl sites for hydroxylation is 1. The molecule has 1 N–H and O–H groups in total. The smallest absolute Gasteiger partial charge is 0.244 e. The van der Waals surface area contributed by atoms with Gasteiger partial charge in [-0.2, -0.15) is 0 Å². The summed E-state index contributed by atoms with van der Waals surface area (Å²) in [5.41, 5.74) is 5.66. The van der Waals surface area contributed by atoms with Gasteiger partial charge >= 0.3 is 0 Å². The van der Waals surface area contributed by atoms with E-state index in [0.717, 1.165) is 57.4 Å². The fraction of sp³-hybridized carbons (Fsp3) is 0.276. The van der Waals surface area contributed by atoms with Crippen molar-refractivity contribution in [2.24, 2.45) is 0 Å². The minimum absolute atomic E-state index is 0.0805. The van der Waals surface area contributed by atoms with Crippen LogP contribution in [0, 0.1) is 6.92 Å². The zero-order valence-corrected chi connectivity index (χ0v) is 19.8. The Kier molecular flexibility index (Phi) is 6.83. The molecule has 4 rings (SSSR count). The van der Waals surface area contributed by atoms with Gasteiger partial charge in [-0.05, 0) is 61.2 Å². The molecule has 0 unspecified atom stereocenters. The first kappa shape index (κ1) is 22.7. The van der Waals surface area contributed by atoms with Gasteiger partial charge in [-0.3, -0.25) is 4.79 Å². The minimum Gasteiger partial charge on any atom is -0.493 e. The van der Waals surface area contributed by atoms with E-state index >= 15 is 0 Å². The van der Waals surface area contributed by atoms with Crippen LogP contribution in [-0.4, -0.2) is 19.1 Å². The summed E-state index contributed by atoms with van der Waals surface area (Å²) in [6, 6.07) is 16.9. The van der Waals surface area contributed by atoms with E-state index in [1.54, 1.807) is 6.08 Å². The molecule has 1 aromatic heterocycles. The van der Waals surface area contributed by atoms with Crippen LogP contribution in [0.1, 0.15) is 44.7 Å². The summed E-state index contributed by atoms with van der Waals surface area (Å²) in [5, 5.41) is 6.37. The number of hydrogen-bond donors (Lipinski definition) is 1. The summed E-state index contributed by atoms with van der Waals surface area (Å²) in [5.74, 6) is 0.683. The molecule has 0 aliphatic carbocycles. The van der Waals surface area contributed by atoms with Gasteiger partial charge in [0.05, 0.1) is 12.9 Å². The van der Waals surface area contributed by atoms with Crippen LogP contribution in [0.15, 0.2) is 65.3 Å². The highest BCUT2D eigenvalue weighted by Crippen LogP contribution is 2.41. The molecule has 0 atom stereocenters. The topological polar surface area (TPSA) is 51.5 Å². The zero-order chi connectivity index (χ0) is 23.4. The Bertz CT molecular complexity index is 1330. The molecule has 0 radical (unpaired) electrons. The highest BCUT2D eigenvalue weighted by atomic mass is 16.5. The molecule has 4 heteroatoms. The average Bonchev–Trinajstić information content (AvgIpc) is 3.25. The molecule has 1 heterocycles. The van der Waals surface area contributed by atoms with Crippen molar-refractivity contribution < 1.29 is 13.9 Å². The van der Waals surface area contributed by atoms with E-state index in [9.17, 15) is 4.79 Å². The van der Waals surface area contributed by atoms with E-state index in [2.05, 4.69) is 54.7 Å². The Morgan fingerprint density at radius 2 is 1.88 bits per heavy atom. The summed E-state index contributed by atoms with van der Waals surface area (Å²) in [6.07, 6.45) is 5.50. The standard InChI is InChI=1S/C29H31NO3/c1-5-7-14-30-27(31)15-19(3)24-17-25-26(18-33-29(25)20(4)28(24)32-6-2)23-13-12-21-10-8-9-11-22(21)16-23/h8-13,15-18H,5-7,14H2,1-4H3,(H,30,31)/b19-15+. The number of carbonyl (C=O) groups is 1. The van der Waals surface area contributed by atoms with Crippen LogP contribution in [0.4, 0.5) is 0 Å². The molecule has 33 heavy (non-hydrogen) atoms. The van der Waals surface area contributed by atoms with Gasteiger partial charge in [0.1, 0.15) is 11.3 Å². The van der Waals surface area contributed by atoms with Crippen molar-refractivity contribution in [1.82, 2.24) is 5.32 Å². The Morgan fingerprint density at radius 1 is 1.09 bits per heavy atom. The third-order valence-electron chi connectivity index (χ3n) is 6.00. The Labute approximate surface area is 195 Å². The average molecular weight is 442 g/mol. The second-order valence-electron chi connectivity index (χ2n) is 8.37. The van der Waals surface area contributed by atoms with Crippen LogP contribution in [0.5, 0.6) is 5.75 Å². The fourth-order valence-corrected chi connectivity index (χ4v) is 4.23. The molecule has 0 saturated heterocycles. The van der Waals surface area contributed by atoms with Crippen LogP contribution in [0.25, 0.3) is 38.4 Å². The van der Waals surface area contributed by atoms with Crippen molar-refractivity contribution >= 4 is 33.2 Å². The lowest BCUT2D eigenvalue weighted by Crippen LogP contribution is -2.22. The van der Waals surface area contributed by atoms with Crippen LogP contribution in [0.3, 0.4) is 0 Å². The molecule has 0 bridgehead atoms. The van der Waals surface area contributed by atoms with E-state index in [-0.39, 0.29) is 5.91 Å². The molecule has 3 aromatic carbocycles. The minimum atomic E-state index is -0.0805. The van der Waals surface area contributed by atoms with E-state index in [0.29, 0.717) is 13.2 Å². The number of amides is 1. The van der Waals surface area contributed by atoms with Gasteiger partial charge in [-0.15, -0.1) is 0 Å². The largest absolute Gasteiger partial charge is 0.493 e. The highest BCUT2D eigenvalue weighted by molar-refractivity contribution is 6.02. The molecule has 0 saturated carbocycles. The van der Waals surface area contributed by atoms with Gasteiger partial charge in [0.2, 0.25) is 5.91 Å². The van der Waals surface area contributed by atoms with Gasteiger partial charge in [0, 0.05) is 34.7 Å².